The minimum absolute atomic E-state index is 0.000772. The van der Waals surface area contributed by atoms with Crippen molar-refractivity contribution in [3.8, 4) is 0 Å². The molecule has 1 aromatic rings. The summed E-state index contributed by atoms with van der Waals surface area (Å²) in [4.78, 5) is -0.000772. The Hall–Kier alpha value is 0.230. The van der Waals surface area contributed by atoms with Gasteiger partial charge in [0.25, 0.3) is 9.05 Å². The molecule has 0 aliphatic heterocycles. The van der Waals surface area contributed by atoms with E-state index in [2.05, 4.69) is 15.9 Å². The van der Waals surface area contributed by atoms with Crippen LogP contribution >= 0.6 is 38.2 Å². The van der Waals surface area contributed by atoms with Crippen LogP contribution in [0.4, 0.5) is 0 Å². The van der Waals surface area contributed by atoms with Crippen LogP contribution in [0.3, 0.4) is 0 Å². The van der Waals surface area contributed by atoms with Crippen molar-refractivity contribution in [2.45, 2.75) is 11.8 Å². The number of benzene rings is 1. The first-order valence-corrected chi connectivity index (χ1v) is 6.70. The molecule has 0 saturated heterocycles. The molecule has 1 aromatic carbocycles. The van der Waals surface area contributed by atoms with Gasteiger partial charge in [0.2, 0.25) is 0 Å². The molecule has 0 amide bonds. The molecular formula is C7H5BrCl2O2S. The summed E-state index contributed by atoms with van der Waals surface area (Å²) in [6, 6.07) is 2.96. The van der Waals surface area contributed by atoms with E-state index in [4.69, 9.17) is 22.3 Å². The van der Waals surface area contributed by atoms with Crippen molar-refractivity contribution in [2.75, 3.05) is 0 Å². The average Bonchev–Trinajstić information content (AvgIpc) is 1.94. The summed E-state index contributed by atoms with van der Waals surface area (Å²) in [6.45, 7) is 1.74. The van der Waals surface area contributed by atoms with Crippen LogP contribution in [0, 0.1) is 6.92 Å². The van der Waals surface area contributed by atoms with Crippen LogP contribution in [0.2, 0.25) is 5.02 Å². The van der Waals surface area contributed by atoms with Crippen LogP contribution in [0.25, 0.3) is 0 Å². The molecule has 0 heterocycles. The van der Waals surface area contributed by atoms with Crippen LogP contribution in [-0.2, 0) is 9.05 Å². The van der Waals surface area contributed by atoms with Crippen LogP contribution in [0.5, 0.6) is 0 Å². The number of halogens is 3. The Labute approximate surface area is 94.4 Å². The molecule has 0 saturated carbocycles. The van der Waals surface area contributed by atoms with E-state index < -0.39 is 9.05 Å². The zero-order valence-electron chi connectivity index (χ0n) is 6.51. The molecule has 0 radical (unpaired) electrons. The van der Waals surface area contributed by atoms with Gasteiger partial charge in [-0.15, -0.1) is 0 Å². The number of hydrogen-bond donors (Lipinski definition) is 0. The molecule has 2 nitrogen and oxygen atoms in total. The van der Waals surface area contributed by atoms with Crippen LogP contribution < -0.4 is 0 Å². The SMILES string of the molecule is Cc1cc(Cl)cc(S(=O)(=O)Cl)c1Br. The summed E-state index contributed by atoms with van der Waals surface area (Å²) < 4.78 is 22.5. The molecule has 1 rings (SSSR count). The highest BCUT2D eigenvalue weighted by atomic mass is 79.9. The third kappa shape index (κ3) is 2.59. The number of rotatable bonds is 1. The van der Waals surface area contributed by atoms with Crippen LogP contribution in [0.15, 0.2) is 21.5 Å². The van der Waals surface area contributed by atoms with Crippen molar-refractivity contribution in [3.05, 3.63) is 27.2 Å². The molecule has 0 spiro atoms. The largest absolute Gasteiger partial charge is 0.262 e. The molecule has 13 heavy (non-hydrogen) atoms. The second-order valence-electron chi connectivity index (χ2n) is 2.47. The normalized spacial score (nSPS) is 11.7. The van der Waals surface area contributed by atoms with Gasteiger partial charge >= 0.3 is 0 Å². The molecule has 0 fully saturated rings. The van der Waals surface area contributed by atoms with Gasteiger partial charge in [0, 0.05) is 20.2 Å². The molecule has 0 aromatic heterocycles. The summed E-state index contributed by atoms with van der Waals surface area (Å²) in [5.74, 6) is 0. The van der Waals surface area contributed by atoms with E-state index in [9.17, 15) is 8.42 Å². The van der Waals surface area contributed by atoms with E-state index in [1.165, 1.54) is 6.07 Å². The minimum Gasteiger partial charge on any atom is -0.207 e. The topological polar surface area (TPSA) is 34.1 Å². The standard InChI is InChI=1S/C7H5BrCl2O2S/c1-4-2-5(9)3-6(7(4)8)13(10,11)12/h2-3H,1H3. The number of hydrogen-bond acceptors (Lipinski definition) is 2. The van der Waals surface area contributed by atoms with Crippen molar-refractivity contribution in [3.63, 3.8) is 0 Å². The van der Waals surface area contributed by atoms with Crippen LogP contribution in [0.1, 0.15) is 5.56 Å². The summed E-state index contributed by atoms with van der Waals surface area (Å²) in [7, 11) is 1.45. The van der Waals surface area contributed by atoms with Crippen molar-refractivity contribution < 1.29 is 8.42 Å². The first-order valence-electron chi connectivity index (χ1n) is 3.22. The van der Waals surface area contributed by atoms with Crippen molar-refractivity contribution in [1.82, 2.24) is 0 Å². The van der Waals surface area contributed by atoms with Crippen molar-refractivity contribution in [2.24, 2.45) is 0 Å². The molecule has 0 unspecified atom stereocenters. The third-order valence-corrected chi connectivity index (χ3v) is 4.33. The Balaban J connectivity index is 3.56. The lowest BCUT2D eigenvalue weighted by molar-refractivity contribution is 0.609. The van der Waals surface area contributed by atoms with E-state index in [1.807, 2.05) is 0 Å². The highest BCUT2D eigenvalue weighted by Gasteiger charge is 2.16. The average molecular weight is 304 g/mol. The lowest BCUT2D eigenvalue weighted by Crippen LogP contribution is -1.94. The van der Waals surface area contributed by atoms with Crippen molar-refractivity contribution >= 4 is 47.3 Å². The van der Waals surface area contributed by atoms with E-state index in [0.29, 0.717) is 9.50 Å². The quantitative estimate of drug-likeness (QED) is 0.746. The Morgan fingerprint density at radius 1 is 1.38 bits per heavy atom. The fraction of sp³-hybridized carbons (Fsp3) is 0.143. The van der Waals surface area contributed by atoms with Gasteiger partial charge in [0.1, 0.15) is 0 Å². The summed E-state index contributed by atoms with van der Waals surface area (Å²) in [5.41, 5.74) is 0.728. The molecule has 0 N–H and O–H groups in total. The van der Waals surface area contributed by atoms with Gasteiger partial charge in [-0.2, -0.15) is 0 Å². The fourth-order valence-electron chi connectivity index (χ4n) is 0.872. The fourth-order valence-corrected chi connectivity index (χ4v) is 3.37. The zero-order chi connectivity index (χ0) is 10.2. The molecule has 72 valence electrons. The Morgan fingerprint density at radius 2 is 1.92 bits per heavy atom. The minimum atomic E-state index is -3.74. The summed E-state index contributed by atoms with van der Waals surface area (Å²) in [5, 5.41) is 0.347. The van der Waals surface area contributed by atoms with Crippen molar-refractivity contribution in [1.29, 1.82) is 0 Å². The molecule has 0 aliphatic carbocycles. The van der Waals surface area contributed by atoms with Gasteiger partial charge < -0.3 is 0 Å². The summed E-state index contributed by atoms with van der Waals surface area (Å²) >= 11 is 8.81. The maximum absolute atomic E-state index is 11.0. The van der Waals surface area contributed by atoms with Gasteiger partial charge in [0.05, 0.1) is 4.90 Å². The number of aryl methyl sites for hydroxylation is 1. The lowest BCUT2D eigenvalue weighted by Gasteiger charge is -2.04. The highest BCUT2D eigenvalue weighted by molar-refractivity contribution is 9.10. The first kappa shape index (κ1) is 11.3. The van der Waals surface area contributed by atoms with Gasteiger partial charge in [-0.05, 0) is 40.5 Å². The smallest absolute Gasteiger partial charge is 0.207 e. The van der Waals surface area contributed by atoms with E-state index in [0.717, 1.165) is 5.56 Å². The summed E-state index contributed by atoms with van der Waals surface area (Å²) in [6.07, 6.45) is 0. The maximum Gasteiger partial charge on any atom is 0.262 e. The highest BCUT2D eigenvalue weighted by Crippen LogP contribution is 2.31. The molecule has 0 aliphatic rings. The first-order chi connectivity index (χ1) is 5.82. The molecular weight excluding hydrogens is 299 g/mol. The Kier molecular flexibility index (Phi) is 3.28. The van der Waals surface area contributed by atoms with E-state index in [-0.39, 0.29) is 4.90 Å². The van der Waals surface area contributed by atoms with Crippen LogP contribution in [-0.4, -0.2) is 8.42 Å². The van der Waals surface area contributed by atoms with Gasteiger partial charge in [-0.25, -0.2) is 8.42 Å². The van der Waals surface area contributed by atoms with E-state index >= 15 is 0 Å². The second kappa shape index (κ2) is 3.77. The zero-order valence-corrected chi connectivity index (χ0v) is 10.4. The predicted molar refractivity (Wildman–Crippen MR) is 56.9 cm³/mol. The van der Waals surface area contributed by atoms with E-state index in [1.54, 1.807) is 13.0 Å². The maximum atomic E-state index is 11.0. The second-order valence-corrected chi connectivity index (χ2v) is 6.24. The molecule has 0 atom stereocenters. The van der Waals surface area contributed by atoms with Gasteiger partial charge in [-0.1, -0.05) is 11.6 Å². The van der Waals surface area contributed by atoms with Gasteiger partial charge in [-0.3, -0.25) is 0 Å². The van der Waals surface area contributed by atoms with Gasteiger partial charge in [0.15, 0.2) is 0 Å². The molecule has 6 heteroatoms. The predicted octanol–water partition coefficient (Wildman–Crippen LogP) is 3.34. The molecule has 0 bridgehead atoms. The lowest BCUT2D eigenvalue weighted by atomic mass is 10.2. The monoisotopic (exact) mass is 302 g/mol. The Morgan fingerprint density at radius 3 is 2.38 bits per heavy atom. The Bertz CT molecular complexity index is 442. The third-order valence-electron chi connectivity index (χ3n) is 1.45.